The van der Waals surface area contributed by atoms with Crippen LogP contribution in [0.3, 0.4) is 0 Å². The third kappa shape index (κ3) is 6.04. The Bertz CT molecular complexity index is 149. The van der Waals surface area contributed by atoms with Gasteiger partial charge in [0.25, 0.3) is 0 Å². The molecule has 0 bridgehead atoms. The zero-order valence-corrected chi connectivity index (χ0v) is 8.09. The van der Waals surface area contributed by atoms with Crippen LogP contribution in [0.1, 0.15) is 6.92 Å². The van der Waals surface area contributed by atoms with Gasteiger partial charge in [0.15, 0.2) is 0 Å². The summed E-state index contributed by atoms with van der Waals surface area (Å²) in [7, 11) is 3.85. The molecule has 0 aromatic rings. The van der Waals surface area contributed by atoms with Crippen LogP contribution in [-0.4, -0.2) is 45.8 Å². The molecule has 0 saturated heterocycles. The first kappa shape index (κ1) is 11.3. The molecule has 0 aliphatic heterocycles. The molecule has 70 valence electrons. The van der Waals surface area contributed by atoms with Crippen molar-refractivity contribution in [3.05, 3.63) is 0 Å². The van der Waals surface area contributed by atoms with Gasteiger partial charge < -0.3 is 10.6 Å². The molecule has 2 N–H and O–H groups in total. The third-order valence-corrected chi connectivity index (χ3v) is 1.47. The second kappa shape index (κ2) is 8.40. The lowest BCUT2D eigenvalue weighted by Gasteiger charge is -2.10. The molecule has 0 radical (unpaired) electrons. The standard InChI is InChI=1S/C8H18N4/c1-4-11-7-12-6-8(10-3)5-9-2/h8-10H,4-6H2,1-3H3. The molecule has 0 rings (SSSR count). The van der Waals surface area contributed by atoms with Gasteiger partial charge in [-0.25, -0.2) is 9.98 Å². The van der Waals surface area contributed by atoms with Crippen molar-refractivity contribution in [3.8, 4) is 0 Å². The van der Waals surface area contributed by atoms with Gasteiger partial charge in [0.05, 0.1) is 12.6 Å². The Kier molecular flexibility index (Phi) is 7.91. The topological polar surface area (TPSA) is 48.8 Å². The Morgan fingerprint density at radius 3 is 2.58 bits per heavy atom. The Hall–Kier alpha value is -0.700. The lowest BCUT2D eigenvalue weighted by atomic mass is 10.3. The van der Waals surface area contributed by atoms with E-state index in [0.29, 0.717) is 6.04 Å². The number of rotatable bonds is 6. The summed E-state index contributed by atoms with van der Waals surface area (Å²) in [5.41, 5.74) is 0. The van der Waals surface area contributed by atoms with Crippen molar-refractivity contribution in [2.75, 3.05) is 33.7 Å². The highest BCUT2D eigenvalue weighted by Gasteiger charge is 2.00. The van der Waals surface area contributed by atoms with Crippen LogP contribution in [0, 0.1) is 0 Å². The van der Waals surface area contributed by atoms with E-state index < -0.39 is 0 Å². The Morgan fingerprint density at radius 2 is 2.08 bits per heavy atom. The molecule has 0 aliphatic rings. The number of hydrogen-bond acceptors (Lipinski definition) is 4. The van der Waals surface area contributed by atoms with E-state index in [0.717, 1.165) is 19.6 Å². The minimum absolute atomic E-state index is 0.370. The first-order valence-electron chi connectivity index (χ1n) is 4.25. The SMILES string of the molecule is CCN=C=NCC(CNC)NC. The van der Waals surface area contributed by atoms with Crippen molar-refractivity contribution < 1.29 is 0 Å². The van der Waals surface area contributed by atoms with Gasteiger partial charge in [-0.1, -0.05) is 0 Å². The minimum Gasteiger partial charge on any atom is -0.318 e. The molecule has 0 saturated carbocycles. The number of nitrogens with zero attached hydrogens (tertiary/aromatic N) is 2. The van der Waals surface area contributed by atoms with Gasteiger partial charge in [-0.3, -0.25) is 0 Å². The van der Waals surface area contributed by atoms with E-state index in [1.807, 2.05) is 21.0 Å². The largest absolute Gasteiger partial charge is 0.318 e. The maximum Gasteiger partial charge on any atom is 0.0893 e. The minimum atomic E-state index is 0.370. The van der Waals surface area contributed by atoms with Crippen molar-refractivity contribution in [3.63, 3.8) is 0 Å². The van der Waals surface area contributed by atoms with E-state index in [4.69, 9.17) is 0 Å². The first-order valence-corrected chi connectivity index (χ1v) is 4.25. The van der Waals surface area contributed by atoms with E-state index in [1.54, 1.807) is 0 Å². The van der Waals surface area contributed by atoms with Crippen molar-refractivity contribution >= 4 is 6.01 Å². The van der Waals surface area contributed by atoms with Crippen LogP contribution in [0.4, 0.5) is 0 Å². The average Bonchev–Trinajstić information content (AvgIpc) is 2.10. The van der Waals surface area contributed by atoms with Crippen LogP contribution in [0.5, 0.6) is 0 Å². The maximum absolute atomic E-state index is 4.03. The molecule has 0 aromatic heterocycles. The lowest BCUT2D eigenvalue weighted by molar-refractivity contribution is 0.543. The molecule has 12 heavy (non-hydrogen) atoms. The molecule has 0 amide bonds. The van der Waals surface area contributed by atoms with E-state index in [1.165, 1.54) is 0 Å². The third-order valence-electron chi connectivity index (χ3n) is 1.47. The first-order chi connectivity index (χ1) is 5.85. The van der Waals surface area contributed by atoms with Gasteiger partial charge in [0, 0.05) is 19.1 Å². The zero-order valence-electron chi connectivity index (χ0n) is 8.09. The molecule has 1 atom stereocenters. The maximum atomic E-state index is 4.03. The molecule has 4 nitrogen and oxygen atoms in total. The molecule has 4 heteroatoms. The molecule has 0 aliphatic carbocycles. The summed E-state index contributed by atoms with van der Waals surface area (Å²) < 4.78 is 0. The number of hydrogen-bond donors (Lipinski definition) is 2. The van der Waals surface area contributed by atoms with Gasteiger partial charge in [-0.2, -0.15) is 0 Å². The fraction of sp³-hybridized carbons (Fsp3) is 0.875. The van der Waals surface area contributed by atoms with Crippen LogP contribution in [0.2, 0.25) is 0 Å². The van der Waals surface area contributed by atoms with Crippen LogP contribution >= 0.6 is 0 Å². The summed E-state index contributed by atoms with van der Waals surface area (Å²) in [6.45, 7) is 4.35. The second-order valence-corrected chi connectivity index (χ2v) is 2.46. The fourth-order valence-corrected chi connectivity index (χ4v) is 0.776. The summed E-state index contributed by atoms with van der Waals surface area (Å²) in [5, 5.41) is 6.22. The van der Waals surface area contributed by atoms with Crippen LogP contribution in [-0.2, 0) is 0 Å². The van der Waals surface area contributed by atoms with Crippen LogP contribution < -0.4 is 10.6 Å². The number of aliphatic imine (C=N–C) groups is 2. The second-order valence-electron chi connectivity index (χ2n) is 2.46. The normalized spacial score (nSPS) is 11.9. The van der Waals surface area contributed by atoms with Crippen molar-refractivity contribution in [1.29, 1.82) is 0 Å². The molecule has 0 heterocycles. The summed E-state index contributed by atoms with van der Waals surface area (Å²) in [4.78, 5) is 7.91. The van der Waals surface area contributed by atoms with E-state index in [2.05, 4.69) is 26.6 Å². The van der Waals surface area contributed by atoms with Gasteiger partial charge in [-0.05, 0) is 21.0 Å². The summed E-state index contributed by atoms with van der Waals surface area (Å²) >= 11 is 0. The molecular formula is C8H18N4. The quantitative estimate of drug-likeness (QED) is 0.551. The smallest absolute Gasteiger partial charge is 0.0893 e. The van der Waals surface area contributed by atoms with Gasteiger partial charge in [0.2, 0.25) is 0 Å². The summed E-state index contributed by atoms with van der Waals surface area (Å²) in [6, 6.07) is 3.01. The number of likely N-dealkylation sites (N-methyl/N-ethyl adjacent to an activating group) is 2. The Morgan fingerprint density at radius 1 is 1.33 bits per heavy atom. The molecule has 0 aromatic carbocycles. The van der Waals surface area contributed by atoms with Crippen molar-refractivity contribution in [2.45, 2.75) is 13.0 Å². The monoisotopic (exact) mass is 170 g/mol. The highest BCUT2D eigenvalue weighted by Crippen LogP contribution is 1.80. The van der Waals surface area contributed by atoms with Crippen molar-refractivity contribution in [2.24, 2.45) is 9.98 Å². The van der Waals surface area contributed by atoms with Crippen LogP contribution in [0.15, 0.2) is 9.98 Å². The Labute approximate surface area is 74.2 Å². The average molecular weight is 170 g/mol. The molecule has 0 fully saturated rings. The lowest BCUT2D eigenvalue weighted by Crippen LogP contribution is -2.37. The van der Waals surface area contributed by atoms with Crippen LogP contribution in [0.25, 0.3) is 0 Å². The fourth-order valence-electron chi connectivity index (χ4n) is 0.776. The molecule has 0 spiro atoms. The predicted octanol–water partition coefficient (Wildman–Crippen LogP) is -0.0124. The summed E-state index contributed by atoms with van der Waals surface area (Å²) in [5.74, 6) is 0. The Balaban J connectivity index is 3.63. The van der Waals surface area contributed by atoms with E-state index in [-0.39, 0.29) is 0 Å². The van der Waals surface area contributed by atoms with E-state index >= 15 is 0 Å². The number of nitrogens with one attached hydrogen (secondary N) is 2. The van der Waals surface area contributed by atoms with E-state index in [9.17, 15) is 0 Å². The highest BCUT2D eigenvalue weighted by molar-refractivity contribution is 5.40. The predicted molar refractivity (Wildman–Crippen MR) is 52.0 cm³/mol. The molecular weight excluding hydrogens is 152 g/mol. The zero-order chi connectivity index (χ0) is 9.23. The summed E-state index contributed by atoms with van der Waals surface area (Å²) in [6.07, 6.45) is 0. The molecule has 1 unspecified atom stereocenters. The highest BCUT2D eigenvalue weighted by atomic mass is 15.0. The van der Waals surface area contributed by atoms with Gasteiger partial charge in [0.1, 0.15) is 0 Å². The van der Waals surface area contributed by atoms with Gasteiger partial charge >= 0.3 is 0 Å². The van der Waals surface area contributed by atoms with Gasteiger partial charge in [-0.15, -0.1) is 0 Å². The van der Waals surface area contributed by atoms with Crippen molar-refractivity contribution in [1.82, 2.24) is 10.6 Å².